The summed E-state index contributed by atoms with van der Waals surface area (Å²) in [5.41, 5.74) is 0.0530. The zero-order chi connectivity index (χ0) is 17.5. The molecule has 1 aromatic rings. The molecule has 10 heteroatoms. The molecule has 2 heterocycles. The van der Waals surface area contributed by atoms with E-state index in [1.807, 2.05) is 0 Å². The lowest BCUT2D eigenvalue weighted by Crippen LogP contribution is -2.39. The Bertz CT molecular complexity index is 776. The second-order valence-electron chi connectivity index (χ2n) is 6.23. The van der Waals surface area contributed by atoms with Gasteiger partial charge in [-0.05, 0) is 25.3 Å². The Hall–Kier alpha value is -0.930. The van der Waals surface area contributed by atoms with Gasteiger partial charge < -0.3 is 10.6 Å². The number of amides is 1. The number of sulfonamides is 1. The number of nitrogens with one attached hydrogen (secondary N) is 2. The molecular weight excluding hydrogens is 392 g/mol. The smallest absolute Gasteiger partial charge is 0.246 e. The molecule has 0 spiro atoms. The van der Waals surface area contributed by atoms with Gasteiger partial charge in [0.15, 0.2) is 0 Å². The average Bonchev–Trinajstić information content (AvgIpc) is 2.80. The van der Waals surface area contributed by atoms with Crippen LogP contribution in [0.3, 0.4) is 0 Å². The summed E-state index contributed by atoms with van der Waals surface area (Å²) in [6.07, 6.45) is 2.67. The van der Waals surface area contributed by atoms with Crippen molar-refractivity contribution < 1.29 is 17.6 Å². The van der Waals surface area contributed by atoms with Crippen molar-refractivity contribution in [2.24, 2.45) is 0 Å². The molecule has 2 saturated heterocycles. The third-order valence-electron chi connectivity index (χ3n) is 4.44. The van der Waals surface area contributed by atoms with Crippen LogP contribution in [-0.4, -0.2) is 43.8 Å². The first-order chi connectivity index (χ1) is 11.3. The maximum absolute atomic E-state index is 14.4. The van der Waals surface area contributed by atoms with Crippen molar-refractivity contribution in [3.63, 3.8) is 0 Å². The highest BCUT2D eigenvalue weighted by Gasteiger charge is 2.36. The summed E-state index contributed by atoms with van der Waals surface area (Å²) in [5.74, 6) is -1.34. The SMILES string of the molecule is CC(=O)Nc1cc(F)c(S(=O)(=O)N2CCC3CCC(C2)N3)cc1Cl.Cl. The highest BCUT2D eigenvalue weighted by atomic mass is 35.5. The Labute approximate surface area is 157 Å². The number of hydrogen-bond acceptors (Lipinski definition) is 4. The average molecular weight is 412 g/mol. The fourth-order valence-corrected chi connectivity index (χ4v) is 5.13. The van der Waals surface area contributed by atoms with Crippen LogP contribution in [0, 0.1) is 5.82 Å². The van der Waals surface area contributed by atoms with Crippen LogP contribution in [0.2, 0.25) is 5.02 Å². The van der Waals surface area contributed by atoms with Crippen molar-refractivity contribution in [3.05, 3.63) is 23.0 Å². The third-order valence-corrected chi connectivity index (χ3v) is 6.63. The first-order valence-electron chi connectivity index (χ1n) is 7.80. The minimum absolute atomic E-state index is 0. The van der Waals surface area contributed by atoms with E-state index in [-0.39, 0.29) is 29.2 Å². The van der Waals surface area contributed by atoms with Gasteiger partial charge in [-0.15, -0.1) is 12.4 Å². The van der Waals surface area contributed by atoms with Crippen LogP contribution in [0.5, 0.6) is 0 Å². The molecule has 0 saturated carbocycles. The summed E-state index contributed by atoms with van der Waals surface area (Å²) < 4.78 is 41.4. The first kappa shape index (κ1) is 20.4. The number of benzene rings is 1. The van der Waals surface area contributed by atoms with Gasteiger partial charge in [0, 0.05) is 38.2 Å². The van der Waals surface area contributed by atoms with Crippen molar-refractivity contribution in [1.29, 1.82) is 0 Å². The van der Waals surface area contributed by atoms with Crippen molar-refractivity contribution in [2.45, 2.75) is 43.2 Å². The van der Waals surface area contributed by atoms with Crippen LogP contribution in [0.4, 0.5) is 10.1 Å². The van der Waals surface area contributed by atoms with Gasteiger partial charge in [0.1, 0.15) is 10.7 Å². The molecule has 1 aromatic carbocycles. The Kier molecular flexibility index (Phi) is 6.32. The Morgan fingerprint density at radius 2 is 2.00 bits per heavy atom. The highest BCUT2D eigenvalue weighted by Crippen LogP contribution is 2.31. The zero-order valence-electron chi connectivity index (χ0n) is 13.6. The van der Waals surface area contributed by atoms with E-state index in [9.17, 15) is 17.6 Å². The monoisotopic (exact) mass is 411 g/mol. The first-order valence-corrected chi connectivity index (χ1v) is 9.62. The maximum atomic E-state index is 14.4. The molecule has 2 aliphatic heterocycles. The van der Waals surface area contributed by atoms with E-state index in [2.05, 4.69) is 10.6 Å². The second-order valence-corrected chi connectivity index (χ2v) is 8.55. The molecule has 140 valence electrons. The van der Waals surface area contributed by atoms with Crippen molar-refractivity contribution >= 4 is 45.6 Å². The zero-order valence-corrected chi connectivity index (χ0v) is 16.0. The Morgan fingerprint density at radius 1 is 1.32 bits per heavy atom. The van der Waals surface area contributed by atoms with Crippen molar-refractivity contribution in [1.82, 2.24) is 9.62 Å². The molecule has 6 nitrogen and oxygen atoms in total. The van der Waals surface area contributed by atoms with Crippen molar-refractivity contribution in [3.8, 4) is 0 Å². The largest absolute Gasteiger partial charge is 0.325 e. The number of rotatable bonds is 3. The topological polar surface area (TPSA) is 78.5 Å². The lowest BCUT2D eigenvalue weighted by Gasteiger charge is -2.24. The number of carbonyl (C=O) groups excluding carboxylic acids is 1. The second kappa shape index (κ2) is 7.75. The Morgan fingerprint density at radius 3 is 2.68 bits per heavy atom. The van der Waals surface area contributed by atoms with Crippen LogP contribution in [0.15, 0.2) is 17.0 Å². The number of carbonyl (C=O) groups is 1. The van der Waals surface area contributed by atoms with E-state index in [4.69, 9.17) is 11.6 Å². The number of hydrogen-bond donors (Lipinski definition) is 2. The van der Waals surface area contributed by atoms with Crippen molar-refractivity contribution in [2.75, 3.05) is 18.4 Å². The summed E-state index contributed by atoms with van der Waals surface area (Å²) in [4.78, 5) is 10.6. The van der Waals surface area contributed by atoms with Gasteiger partial charge in [-0.2, -0.15) is 4.31 Å². The summed E-state index contributed by atoms with van der Waals surface area (Å²) in [5, 5.41) is 5.75. The number of nitrogens with zero attached hydrogens (tertiary/aromatic N) is 1. The van der Waals surface area contributed by atoms with Crippen LogP contribution < -0.4 is 10.6 Å². The summed E-state index contributed by atoms with van der Waals surface area (Å²) in [6, 6.07) is 2.43. The molecule has 2 N–H and O–H groups in total. The van der Waals surface area contributed by atoms with E-state index >= 15 is 0 Å². The molecule has 1 amide bonds. The predicted molar refractivity (Wildman–Crippen MR) is 96.3 cm³/mol. The molecule has 2 atom stereocenters. The Balaban J connectivity index is 0.00000225. The molecule has 0 radical (unpaired) electrons. The van der Waals surface area contributed by atoms with Crippen LogP contribution in [0.25, 0.3) is 0 Å². The molecule has 25 heavy (non-hydrogen) atoms. The fourth-order valence-electron chi connectivity index (χ4n) is 3.28. The van der Waals surface area contributed by atoms with Gasteiger partial charge in [-0.25, -0.2) is 12.8 Å². The molecule has 2 unspecified atom stereocenters. The predicted octanol–water partition coefficient (Wildman–Crippen LogP) is 2.37. The van der Waals surface area contributed by atoms with E-state index in [1.165, 1.54) is 11.2 Å². The number of fused-ring (bicyclic) bond motifs is 2. The standard InChI is InChI=1S/C15H19ClFN3O3S.ClH/c1-9(21)18-14-7-13(17)15(6-12(14)16)24(22,23)20-5-4-10-2-3-11(8-20)19-10;/h6-7,10-11,19H,2-5,8H2,1H3,(H,18,21);1H. The minimum Gasteiger partial charge on any atom is -0.325 e. The molecule has 2 bridgehead atoms. The van der Waals surface area contributed by atoms with Gasteiger partial charge in [-0.1, -0.05) is 11.6 Å². The van der Waals surface area contributed by atoms with Crippen LogP contribution in [0.1, 0.15) is 26.2 Å². The van der Waals surface area contributed by atoms with E-state index < -0.39 is 26.6 Å². The summed E-state index contributed by atoms with van der Waals surface area (Å²) >= 11 is 6.01. The maximum Gasteiger partial charge on any atom is 0.246 e. The lowest BCUT2D eigenvalue weighted by molar-refractivity contribution is -0.114. The molecule has 3 rings (SSSR count). The summed E-state index contributed by atoms with van der Waals surface area (Å²) in [7, 11) is -3.99. The van der Waals surface area contributed by atoms with Gasteiger partial charge in [0.05, 0.1) is 10.7 Å². The molecule has 0 aliphatic carbocycles. The number of halogens is 3. The molecular formula is C15H20Cl2FN3O3S. The van der Waals surface area contributed by atoms with Gasteiger partial charge >= 0.3 is 0 Å². The molecule has 2 aliphatic rings. The van der Waals surface area contributed by atoms with Gasteiger partial charge in [0.2, 0.25) is 15.9 Å². The summed E-state index contributed by atoms with van der Waals surface area (Å²) in [6.45, 7) is 1.93. The van der Waals surface area contributed by atoms with Crippen LogP contribution in [-0.2, 0) is 14.8 Å². The quantitative estimate of drug-likeness (QED) is 0.799. The third kappa shape index (κ3) is 4.25. The molecule has 0 aromatic heterocycles. The van der Waals surface area contributed by atoms with E-state index in [1.54, 1.807) is 0 Å². The van der Waals surface area contributed by atoms with Gasteiger partial charge in [0.25, 0.3) is 0 Å². The van der Waals surface area contributed by atoms with E-state index in [0.29, 0.717) is 25.6 Å². The lowest BCUT2D eigenvalue weighted by atomic mass is 10.1. The minimum atomic E-state index is -3.99. The van der Waals surface area contributed by atoms with Gasteiger partial charge in [-0.3, -0.25) is 4.79 Å². The molecule has 2 fully saturated rings. The number of anilines is 1. The highest BCUT2D eigenvalue weighted by molar-refractivity contribution is 7.89. The fraction of sp³-hybridized carbons (Fsp3) is 0.533. The normalized spacial score (nSPS) is 23.6. The van der Waals surface area contributed by atoms with Crippen LogP contribution >= 0.6 is 24.0 Å². The van der Waals surface area contributed by atoms with E-state index in [0.717, 1.165) is 25.0 Å².